The van der Waals surface area contributed by atoms with Crippen LogP contribution in [0.15, 0.2) is 47.4 Å². The lowest BCUT2D eigenvalue weighted by Crippen LogP contribution is -2.37. The van der Waals surface area contributed by atoms with Crippen LogP contribution in [0.5, 0.6) is 0 Å². The van der Waals surface area contributed by atoms with Gasteiger partial charge in [-0.2, -0.15) is 0 Å². The number of nitrogens with zero attached hydrogens (tertiary/aromatic N) is 1. The third-order valence-electron chi connectivity index (χ3n) is 4.41. The second kappa shape index (κ2) is 7.53. The Morgan fingerprint density at radius 3 is 2.65 bits per heavy atom. The average molecular weight is 378 g/mol. The van der Waals surface area contributed by atoms with E-state index in [1.54, 1.807) is 0 Å². The van der Waals surface area contributed by atoms with E-state index in [0.717, 1.165) is 37.7 Å². The Morgan fingerprint density at radius 2 is 1.92 bits per heavy atom. The molecule has 0 spiro atoms. The first-order valence-electron chi connectivity index (χ1n) is 8.18. The summed E-state index contributed by atoms with van der Waals surface area (Å²) < 4.78 is 40.5. The molecule has 0 saturated carbocycles. The molecular weight excluding hydrogens is 359 g/mol. The van der Waals surface area contributed by atoms with E-state index in [1.807, 2.05) is 12.1 Å². The van der Waals surface area contributed by atoms with Crippen LogP contribution < -0.4 is 4.72 Å². The van der Waals surface area contributed by atoms with Crippen LogP contribution in [0.25, 0.3) is 0 Å². The fourth-order valence-corrected chi connectivity index (χ4v) is 4.05. The summed E-state index contributed by atoms with van der Waals surface area (Å²) in [7, 11) is -3.90. The molecule has 0 bridgehead atoms. The van der Waals surface area contributed by atoms with Crippen molar-refractivity contribution in [3.05, 3.63) is 65.0 Å². The zero-order chi connectivity index (χ0) is 18.7. The van der Waals surface area contributed by atoms with Gasteiger partial charge in [-0.3, -0.25) is 4.90 Å². The summed E-state index contributed by atoms with van der Waals surface area (Å²) in [4.78, 5) is 12.8. The Bertz CT molecular complexity index is 931. The summed E-state index contributed by atoms with van der Waals surface area (Å²) in [5.41, 5.74) is 1.89. The maximum atomic E-state index is 13.4. The van der Waals surface area contributed by atoms with Gasteiger partial charge in [0.05, 0.1) is 10.5 Å². The van der Waals surface area contributed by atoms with Gasteiger partial charge < -0.3 is 5.11 Å². The first-order chi connectivity index (χ1) is 12.4. The Hall–Kier alpha value is -2.29. The number of hydrogen-bond donors (Lipinski definition) is 2. The molecule has 26 heavy (non-hydrogen) atoms. The zero-order valence-corrected chi connectivity index (χ0v) is 14.8. The molecule has 0 fully saturated rings. The standard InChI is InChI=1S/C18H19FN2O4S/c19-17-6-5-15(11-16(17)18(22)23)26(24,25)20-8-10-21-9-7-13-3-1-2-4-14(13)12-21/h1-6,11,20H,7-10,12H2,(H,22,23). The SMILES string of the molecule is O=C(O)c1cc(S(=O)(=O)NCCN2CCc3ccccc3C2)ccc1F. The highest BCUT2D eigenvalue weighted by atomic mass is 32.2. The lowest BCUT2D eigenvalue weighted by Gasteiger charge is -2.28. The van der Waals surface area contributed by atoms with Crippen molar-refractivity contribution in [1.82, 2.24) is 9.62 Å². The number of halogens is 1. The molecule has 0 saturated heterocycles. The number of nitrogens with one attached hydrogen (secondary N) is 1. The summed E-state index contributed by atoms with van der Waals surface area (Å²) in [6, 6.07) is 10.9. The molecule has 138 valence electrons. The largest absolute Gasteiger partial charge is 0.478 e. The van der Waals surface area contributed by atoms with Crippen LogP contribution in [0.1, 0.15) is 21.5 Å². The highest BCUT2D eigenvalue weighted by Crippen LogP contribution is 2.18. The van der Waals surface area contributed by atoms with E-state index in [1.165, 1.54) is 11.1 Å². The molecule has 0 aromatic heterocycles. The summed E-state index contributed by atoms with van der Waals surface area (Å²) in [6.07, 6.45) is 0.920. The molecule has 3 rings (SSSR count). The van der Waals surface area contributed by atoms with Crippen LogP contribution in [-0.4, -0.2) is 44.0 Å². The second-order valence-electron chi connectivity index (χ2n) is 6.14. The Morgan fingerprint density at radius 1 is 1.19 bits per heavy atom. The van der Waals surface area contributed by atoms with E-state index in [9.17, 15) is 17.6 Å². The fraction of sp³-hybridized carbons (Fsp3) is 0.278. The molecule has 1 aliphatic heterocycles. The van der Waals surface area contributed by atoms with E-state index >= 15 is 0 Å². The molecule has 0 atom stereocenters. The zero-order valence-electron chi connectivity index (χ0n) is 14.0. The first-order valence-corrected chi connectivity index (χ1v) is 9.67. The maximum absolute atomic E-state index is 13.4. The number of carbonyl (C=O) groups is 1. The molecule has 0 radical (unpaired) electrons. The molecule has 1 heterocycles. The molecular formula is C18H19FN2O4S. The van der Waals surface area contributed by atoms with Crippen molar-refractivity contribution >= 4 is 16.0 Å². The van der Waals surface area contributed by atoms with Gasteiger partial charge in [0.2, 0.25) is 10.0 Å². The van der Waals surface area contributed by atoms with E-state index in [0.29, 0.717) is 6.54 Å². The lowest BCUT2D eigenvalue weighted by molar-refractivity contribution is 0.0691. The molecule has 0 amide bonds. The molecule has 2 aromatic carbocycles. The highest BCUT2D eigenvalue weighted by molar-refractivity contribution is 7.89. The first kappa shape index (κ1) is 18.5. The van der Waals surface area contributed by atoms with Gasteiger partial charge in [0, 0.05) is 26.2 Å². The van der Waals surface area contributed by atoms with E-state index in [-0.39, 0.29) is 11.4 Å². The second-order valence-corrected chi connectivity index (χ2v) is 7.91. The highest BCUT2D eigenvalue weighted by Gasteiger charge is 2.20. The van der Waals surface area contributed by atoms with Gasteiger partial charge >= 0.3 is 5.97 Å². The number of sulfonamides is 1. The predicted molar refractivity (Wildman–Crippen MR) is 94.0 cm³/mol. The van der Waals surface area contributed by atoms with Gasteiger partial charge in [-0.1, -0.05) is 24.3 Å². The van der Waals surface area contributed by atoms with Crippen LogP contribution in [0.4, 0.5) is 4.39 Å². The van der Waals surface area contributed by atoms with Gasteiger partial charge in [-0.05, 0) is 35.7 Å². The summed E-state index contributed by atoms with van der Waals surface area (Å²) in [6.45, 7) is 2.32. The quantitative estimate of drug-likeness (QED) is 0.801. The minimum absolute atomic E-state index is 0.185. The van der Waals surface area contributed by atoms with Crippen molar-refractivity contribution in [1.29, 1.82) is 0 Å². The van der Waals surface area contributed by atoms with Crippen molar-refractivity contribution in [2.75, 3.05) is 19.6 Å². The monoisotopic (exact) mass is 378 g/mol. The summed E-state index contributed by atoms with van der Waals surface area (Å²) >= 11 is 0. The van der Waals surface area contributed by atoms with E-state index in [2.05, 4.69) is 21.8 Å². The van der Waals surface area contributed by atoms with Crippen molar-refractivity contribution < 1.29 is 22.7 Å². The van der Waals surface area contributed by atoms with Crippen LogP contribution in [0, 0.1) is 5.82 Å². The summed E-state index contributed by atoms with van der Waals surface area (Å²) in [5.74, 6) is -2.48. The minimum atomic E-state index is -3.90. The number of fused-ring (bicyclic) bond motifs is 1. The topological polar surface area (TPSA) is 86.7 Å². The lowest BCUT2D eigenvalue weighted by atomic mass is 10.0. The average Bonchev–Trinajstić information content (AvgIpc) is 2.61. The molecule has 8 heteroatoms. The maximum Gasteiger partial charge on any atom is 0.338 e. The van der Waals surface area contributed by atoms with Crippen molar-refractivity contribution in [2.45, 2.75) is 17.9 Å². The number of benzene rings is 2. The van der Waals surface area contributed by atoms with Crippen molar-refractivity contribution in [3.63, 3.8) is 0 Å². The van der Waals surface area contributed by atoms with E-state index < -0.39 is 27.4 Å². The van der Waals surface area contributed by atoms with Crippen molar-refractivity contribution in [2.24, 2.45) is 0 Å². The number of aromatic carboxylic acids is 1. The third kappa shape index (κ3) is 4.09. The van der Waals surface area contributed by atoms with Gasteiger partial charge in [-0.15, -0.1) is 0 Å². The van der Waals surface area contributed by atoms with Gasteiger partial charge in [0.1, 0.15) is 5.82 Å². The van der Waals surface area contributed by atoms with Gasteiger partial charge in [0.25, 0.3) is 0 Å². The number of rotatable bonds is 6. The third-order valence-corrected chi connectivity index (χ3v) is 5.87. The van der Waals surface area contributed by atoms with E-state index in [4.69, 9.17) is 5.11 Å². The molecule has 2 N–H and O–H groups in total. The van der Waals surface area contributed by atoms with Crippen LogP contribution in [-0.2, 0) is 23.0 Å². The number of hydrogen-bond acceptors (Lipinski definition) is 4. The molecule has 1 aliphatic rings. The van der Waals surface area contributed by atoms with Crippen LogP contribution in [0.3, 0.4) is 0 Å². The van der Waals surface area contributed by atoms with Crippen LogP contribution >= 0.6 is 0 Å². The number of carboxylic acids is 1. The van der Waals surface area contributed by atoms with Gasteiger partial charge in [-0.25, -0.2) is 22.3 Å². The minimum Gasteiger partial charge on any atom is -0.478 e. The Kier molecular flexibility index (Phi) is 5.36. The normalized spacial score (nSPS) is 14.8. The van der Waals surface area contributed by atoms with Gasteiger partial charge in [0.15, 0.2) is 0 Å². The molecule has 0 unspecified atom stereocenters. The van der Waals surface area contributed by atoms with Crippen molar-refractivity contribution in [3.8, 4) is 0 Å². The van der Waals surface area contributed by atoms with Crippen LogP contribution in [0.2, 0.25) is 0 Å². The summed E-state index contributed by atoms with van der Waals surface area (Å²) in [5, 5.41) is 8.92. The number of carboxylic acid groups (broad SMARTS) is 1. The fourth-order valence-electron chi connectivity index (χ4n) is 3.00. The predicted octanol–water partition coefficient (Wildman–Crippen LogP) is 1.86. The Labute approximate surface area is 151 Å². The smallest absolute Gasteiger partial charge is 0.338 e. The molecule has 6 nitrogen and oxygen atoms in total. The molecule has 0 aliphatic carbocycles. The molecule has 2 aromatic rings. The Balaban J connectivity index is 1.61.